The fourth-order valence-corrected chi connectivity index (χ4v) is 3.92. The Hall–Kier alpha value is -2.54. The quantitative estimate of drug-likeness (QED) is 0.887. The van der Waals surface area contributed by atoms with Crippen molar-refractivity contribution in [3.8, 4) is 5.75 Å². The van der Waals surface area contributed by atoms with Gasteiger partial charge in [-0.15, -0.1) is 0 Å². The fourth-order valence-electron chi connectivity index (χ4n) is 2.75. The predicted molar refractivity (Wildman–Crippen MR) is 89.2 cm³/mol. The molecule has 7 heteroatoms. The number of hydrogen-bond donors (Lipinski definition) is 2. The molecule has 1 atom stereocenters. The second-order valence-corrected chi connectivity index (χ2v) is 7.47. The molecule has 0 unspecified atom stereocenters. The Morgan fingerprint density at radius 3 is 2.75 bits per heavy atom. The normalized spacial score (nSPS) is 16.3. The van der Waals surface area contributed by atoms with Crippen LogP contribution in [-0.4, -0.2) is 25.6 Å². The summed E-state index contributed by atoms with van der Waals surface area (Å²) < 4.78 is 33.3. The zero-order chi connectivity index (χ0) is 17.5. The maximum Gasteiger partial charge on any atom is 0.336 e. The van der Waals surface area contributed by atoms with E-state index >= 15 is 0 Å². The monoisotopic (exact) mass is 347 g/mol. The SMILES string of the molecule is Cc1c(NS(=O)(=O)c2ccc3c(c2)C[C@H](C)O3)cccc1C(=O)O. The van der Waals surface area contributed by atoms with Crippen LogP contribution in [-0.2, 0) is 16.4 Å². The van der Waals surface area contributed by atoms with Crippen LogP contribution in [0, 0.1) is 6.92 Å². The maximum atomic E-state index is 12.6. The molecule has 1 heterocycles. The summed E-state index contributed by atoms with van der Waals surface area (Å²) >= 11 is 0. The molecule has 24 heavy (non-hydrogen) atoms. The number of nitrogens with one attached hydrogen (secondary N) is 1. The Balaban J connectivity index is 1.95. The number of benzene rings is 2. The van der Waals surface area contributed by atoms with Crippen molar-refractivity contribution in [1.29, 1.82) is 0 Å². The minimum Gasteiger partial charge on any atom is -0.490 e. The van der Waals surface area contributed by atoms with Crippen LogP contribution >= 0.6 is 0 Å². The average Bonchev–Trinajstić information content (AvgIpc) is 2.88. The number of hydrogen-bond acceptors (Lipinski definition) is 4. The first-order valence-electron chi connectivity index (χ1n) is 7.43. The van der Waals surface area contributed by atoms with Crippen molar-refractivity contribution >= 4 is 21.7 Å². The van der Waals surface area contributed by atoms with Gasteiger partial charge in [-0.2, -0.15) is 0 Å². The summed E-state index contributed by atoms with van der Waals surface area (Å²) in [6, 6.07) is 9.20. The van der Waals surface area contributed by atoms with E-state index in [4.69, 9.17) is 9.84 Å². The van der Waals surface area contributed by atoms with Crippen LogP contribution in [0.15, 0.2) is 41.3 Å². The van der Waals surface area contributed by atoms with Crippen molar-refractivity contribution in [2.75, 3.05) is 4.72 Å². The topological polar surface area (TPSA) is 92.7 Å². The van der Waals surface area contributed by atoms with Gasteiger partial charge in [0.2, 0.25) is 0 Å². The number of fused-ring (bicyclic) bond motifs is 1. The van der Waals surface area contributed by atoms with E-state index in [1.54, 1.807) is 19.1 Å². The third-order valence-corrected chi connectivity index (χ3v) is 5.35. The Kier molecular flexibility index (Phi) is 3.96. The summed E-state index contributed by atoms with van der Waals surface area (Å²) in [6.45, 7) is 3.49. The van der Waals surface area contributed by atoms with Gasteiger partial charge in [-0.3, -0.25) is 4.72 Å². The minimum absolute atomic E-state index is 0.0282. The van der Waals surface area contributed by atoms with E-state index in [0.29, 0.717) is 17.7 Å². The van der Waals surface area contributed by atoms with Crippen molar-refractivity contribution in [1.82, 2.24) is 0 Å². The van der Waals surface area contributed by atoms with E-state index in [1.165, 1.54) is 24.3 Å². The summed E-state index contributed by atoms with van der Waals surface area (Å²) in [4.78, 5) is 11.3. The molecule has 0 saturated carbocycles. The van der Waals surface area contributed by atoms with Gasteiger partial charge in [-0.25, -0.2) is 13.2 Å². The number of ether oxygens (including phenoxy) is 1. The second-order valence-electron chi connectivity index (χ2n) is 5.79. The van der Waals surface area contributed by atoms with Crippen molar-refractivity contribution in [3.05, 3.63) is 53.1 Å². The Bertz CT molecular complexity index is 921. The minimum atomic E-state index is -3.82. The highest BCUT2D eigenvalue weighted by molar-refractivity contribution is 7.92. The van der Waals surface area contributed by atoms with Crippen molar-refractivity contribution in [2.24, 2.45) is 0 Å². The third-order valence-electron chi connectivity index (χ3n) is 3.99. The molecule has 3 rings (SSSR count). The zero-order valence-electron chi connectivity index (χ0n) is 13.2. The number of carbonyl (C=O) groups is 1. The maximum absolute atomic E-state index is 12.6. The summed E-state index contributed by atoms with van der Waals surface area (Å²) in [5, 5.41) is 9.14. The van der Waals surface area contributed by atoms with Crippen molar-refractivity contribution in [3.63, 3.8) is 0 Å². The van der Waals surface area contributed by atoms with Crippen LogP contribution in [0.1, 0.15) is 28.4 Å². The Morgan fingerprint density at radius 1 is 1.29 bits per heavy atom. The molecule has 0 spiro atoms. The van der Waals surface area contributed by atoms with E-state index < -0.39 is 16.0 Å². The Morgan fingerprint density at radius 2 is 2.04 bits per heavy atom. The number of anilines is 1. The van der Waals surface area contributed by atoms with Gasteiger partial charge in [-0.05, 0) is 55.3 Å². The van der Waals surface area contributed by atoms with E-state index in [-0.39, 0.29) is 22.3 Å². The van der Waals surface area contributed by atoms with Crippen LogP contribution in [0.4, 0.5) is 5.69 Å². The lowest BCUT2D eigenvalue weighted by Crippen LogP contribution is -2.15. The smallest absolute Gasteiger partial charge is 0.336 e. The van der Waals surface area contributed by atoms with Gasteiger partial charge in [0, 0.05) is 6.42 Å². The molecular formula is C17H17NO5S. The summed E-state index contributed by atoms with van der Waals surface area (Å²) in [5.41, 5.74) is 1.53. The van der Waals surface area contributed by atoms with Crippen LogP contribution < -0.4 is 9.46 Å². The van der Waals surface area contributed by atoms with E-state index in [9.17, 15) is 13.2 Å². The van der Waals surface area contributed by atoms with Gasteiger partial charge in [-0.1, -0.05) is 6.07 Å². The molecule has 2 N–H and O–H groups in total. The van der Waals surface area contributed by atoms with E-state index in [2.05, 4.69) is 4.72 Å². The fraction of sp³-hybridized carbons (Fsp3) is 0.235. The van der Waals surface area contributed by atoms with Crippen LogP contribution in [0.5, 0.6) is 5.75 Å². The molecule has 0 bridgehead atoms. The van der Waals surface area contributed by atoms with Gasteiger partial charge in [0.15, 0.2) is 0 Å². The molecule has 6 nitrogen and oxygen atoms in total. The molecule has 0 aromatic heterocycles. The lowest BCUT2D eigenvalue weighted by atomic mass is 10.1. The van der Waals surface area contributed by atoms with Gasteiger partial charge in [0.1, 0.15) is 11.9 Å². The molecule has 0 aliphatic carbocycles. The molecule has 1 aliphatic heterocycles. The first-order valence-corrected chi connectivity index (χ1v) is 8.91. The van der Waals surface area contributed by atoms with Crippen LogP contribution in [0.2, 0.25) is 0 Å². The van der Waals surface area contributed by atoms with Crippen molar-refractivity contribution in [2.45, 2.75) is 31.3 Å². The number of rotatable bonds is 4. The van der Waals surface area contributed by atoms with E-state index in [0.717, 1.165) is 5.56 Å². The first-order chi connectivity index (χ1) is 11.3. The summed E-state index contributed by atoms with van der Waals surface area (Å²) in [5.74, 6) is -0.400. The van der Waals surface area contributed by atoms with Gasteiger partial charge < -0.3 is 9.84 Å². The lowest BCUT2D eigenvalue weighted by Gasteiger charge is -2.12. The third kappa shape index (κ3) is 2.94. The highest BCUT2D eigenvalue weighted by Crippen LogP contribution is 2.31. The van der Waals surface area contributed by atoms with Gasteiger partial charge >= 0.3 is 5.97 Å². The number of aromatic carboxylic acids is 1. The average molecular weight is 347 g/mol. The number of sulfonamides is 1. The zero-order valence-corrected chi connectivity index (χ0v) is 14.1. The molecule has 2 aromatic rings. The second kappa shape index (κ2) is 5.83. The molecule has 0 saturated heterocycles. The van der Waals surface area contributed by atoms with Gasteiger partial charge in [0.25, 0.3) is 10.0 Å². The first kappa shape index (κ1) is 16.3. The predicted octanol–water partition coefficient (Wildman–Crippen LogP) is 2.82. The lowest BCUT2D eigenvalue weighted by molar-refractivity contribution is 0.0696. The molecule has 2 aromatic carbocycles. The van der Waals surface area contributed by atoms with Crippen LogP contribution in [0.3, 0.4) is 0 Å². The molecule has 1 aliphatic rings. The number of carboxylic acids is 1. The number of carboxylic acid groups (broad SMARTS) is 1. The highest BCUT2D eigenvalue weighted by Gasteiger charge is 2.23. The van der Waals surface area contributed by atoms with Gasteiger partial charge in [0.05, 0.1) is 16.1 Å². The molecular weight excluding hydrogens is 330 g/mol. The van der Waals surface area contributed by atoms with Crippen molar-refractivity contribution < 1.29 is 23.1 Å². The summed E-state index contributed by atoms with van der Waals surface area (Å²) in [7, 11) is -3.82. The van der Waals surface area contributed by atoms with E-state index in [1.807, 2.05) is 6.92 Å². The largest absolute Gasteiger partial charge is 0.490 e. The molecule has 0 radical (unpaired) electrons. The van der Waals surface area contributed by atoms with Crippen LogP contribution in [0.25, 0.3) is 0 Å². The summed E-state index contributed by atoms with van der Waals surface area (Å²) in [6.07, 6.45) is 0.687. The standard InChI is InChI=1S/C17H17NO5S/c1-10-8-12-9-13(6-7-16(12)23-10)24(21,22)18-15-5-3-4-14(11(15)2)17(19)20/h3-7,9-10,18H,8H2,1-2H3,(H,19,20)/t10-/m0/s1. The molecule has 126 valence electrons. The molecule has 0 fully saturated rings. The Labute approximate surface area is 140 Å². The highest BCUT2D eigenvalue weighted by atomic mass is 32.2. The molecule has 0 amide bonds.